The number of hydrogen-bond acceptors (Lipinski definition) is 0. The Balaban J connectivity index is 1.98. The van der Waals surface area contributed by atoms with Crippen LogP contribution in [0, 0.1) is 17.3 Å². The summed E-state index contributed by atoms with van der Waals surface area (Å²) in [4.78, 5) is 3.35. The van der Waals surface area contributed by atoms with Gasteiger partial charge in [0.2, 0.25) is 0 Å². The third kappa shape index (κ3) is 1.24. The fraction of sp³-hybridized carbons (Fsp3) is 0.467. The van der Waals surface area contributed by atoms with Crippen molar-refractivity contribution in [2.24, 2.45) is 17.3 Å². The Morgan fingerprint density at radius 1 is 1.50 bits per heavy atom. The average molecular weight is 213 g/mol. The number of fused-ring (bicyclic) bond motifs is 1. The van der Waals surface area contributed by atoms with E-state index in [1.807, 2.05) is 6.20 Å². The highest BCUT2D eigenvalue weighted by molar-refractivity contribution is 5.70. The van der Waals surface area contributed by atoms with Crippen molar-refractivity contribution in [3.63, 3.8) is 0 Å². The summed E-state index contributed by atoms with van der Waals surface area (Å²) in [6.45, 7) is 4.75. The molecule has 1 heteroatoms. The van der Waals surface area contributed by atoms with Crippen LogP contribution in [0.5, 0.6) is 0 Å². The smallest absolute Gasteiger partial charge is 0.0416 e. The molecule has 1 saturated carbocycles. The summed E-state index contributed by atoms with van der Waals surface area (Å²) in [7, 11) is 0. The van der Waals surface area contributed by atoms with Gasteiger partial charge in [-0.1, -0.05) is 38.5 Å². The number of aromatic nitrogens is 1. The highest BCUT2D eigenvalue weighted by atomic mass is 14.7. The maximum absolute atomic E-state index is 3.35. The third-order valence-electron chi connectivity index (χ3n) is 4.57. The zero-order valence-electron chi connectivity index (χ0n) is 10.0. The lowest BCUT2D eigenvalue weighted by atomic mass is 9.50. The highest BCUT2D eigenvalue weighted by Gasteiger charge is 2.50. The number of rotatable bonds is 2. The van der Waals surface area contributed by atoms with E-state index in [9.17, 15) is 0 Å². The molecule has 0 aromatic carbocycles. The van der Waals surface area contributed by atoms with Gasteiger partial charge in [0.05, 0.1) is 0 Å². The summed E-state index contributed by atoms with van der Waals surface area (Å²) in [5.74, 6) is 1.49. The zero-order valence-corrected chi connectivity index (χ0v) is 10.0. The van der Waals surface area contributed by atoms with Crippen molar-refractivity contribution in [1.82, 2.24) is 4.98 Å². The molecule has 3 rings (SSSR count). The molecule has 0 saturated heterocycles. The van der Waals surface area contributed by atoms with Gasteiger partial charge in [0.15, 0.2) is 0 Å². The van der Waals surface area contributed by atoms with Gasteiger partial charge in [-0.15, -0.1) is 0 Å². The fourth-order valence-corrected chi connectivity index (χ4v) is 3.46. The van der Waals surface area contributed by atoms with E-state index in [0.29, 0.717) is 5.41 Å². The molecule has 1 heterocycles. The fourth-order valence-electron chi connectivity index (χ4n) is 3.46. The number of allylic oxidation sites excluding steroid dienone is 4. The van der Waals surface area contributed by atoms with Crippen LogP contribution in [0.2, 0.25) is 0 Å². The molecular weight excluding hydrogens is 194 g/mol. The van der Waals surface area contributed by atoms with E-state index in [4.69, 9.17) is 0 Å². The van der Waals surface area contributed by atoms with E-state index in [-0.39, 0.29) is 0 Å². The van der Waals surface area contributed by atoms with Gasteiger partial charge in [0.25, 0.3) is 0 Å². The summed E-state index contributed by atoms with van der Waals surface area (Å²) in [6.07, 6.45) is 11.6. The summed E-state index contributed by atoms with van der Waals surface area (Å²) in [6, 6.07) is 4.28. The number of aromatic amines is 1. The minimum atomic E-state index is 0.506. The first-order valence-corrected chi connectivity index (χ1v) is 6.27. The Hall–Kier alpha value is -1.24. The Morgan fingerprint density at radius 2 is 2.38 bits per heavy atom. The molecule has 0 spiro atoms. The predicted molar refractivity (Wildman–Crippen MR) is 67.9 cm³/mol. The van der Waals surface area contributed by atoms with Gasteiger partial charge < -0.3 is 4.98 Å². The summed E-state index contributed by atoms with van der Waals surface area (Å²) in [5, 5.41) is 0. The van der Waals surface area contributed by atoms with Crippen LogP contribution in [0.3, 0.4) is 0 Å². The van der Waals surface area contributed by atoms with Crippen LogP contribution >= 0.6 is 0 Å². The standard InChI is InChI=1S/C15H19N/c1-3-15(2)10-11-6-4-7-12(14(11)15)13-8-5-9-16-13/h4-9,11,14,16H,3,10H2,1-2H3. The molecule has 0 bridgehead atoms. The molecule has 1 aromatic rings. The zero-order chi connectivity index (χ0) is 11.2. The Bertz CT molecular complexity index is 438. The van der Waals surface area contributed by atoms with Crippen molar-refractivity contribution >= 4 is 5.57 Å². The van der Waals surface area contributed by atoms with Crippen LogP contribution in [0.4, 0.5) is 0 Å². The molecular formula is C15H19N. The lowest BCUT2D eigenvalue weighted by Gasteiger charge is -2.54. The van der Waals surface area contributed by atoms with E-state index >= 15 is 0 Å². The quantitative estimate of drug-likeness (QED) is 0.763. The maximum atomic E-state index is 3.35. The summed E-state index contributed by atoms with van der Waals surface area (Å²) in [5.41, 5.74) is 3.32. The molecule has 0 radical (unpaired) electrons. The first-order valence-electron chi connectivity index (χ1n) is 6.27. The first-order chi connectivity index (χ1) is 7.74. The molecule has 1 fully saturated rings. The van der Waals surface area contributed by atoms with Crippen LogP contribution in [0.1, 0.15) is 32.4 Å². The molecule has 16 heavy (non-hydrogen) atoms. The molecule has 1 nitrogen and oxygen atoms in total. The second-order valence-electron chi connectivity index (χ2n) is 5.44. The van der Waals surface area contributed by atoms with Crippen LogP contribution in [0.15, 0.2) is 36.6 Å². The molecule has 0 amide bonds. The number of nitrogens with one attached hydrogen (secondary N) is 1. The van der Waals surface area contributed by atoms with E-state index in [2.05, 4.69) is 49.2 Å². The second-order valence-corrected chi connectivity index (χ2v) is 5.44. The third-order valence-corrected chi connectivity index (χ3v) is 4.57. The molecule has 2 aliphatic rings. The Morgan fingerprint density at radius 3 is 3.06 bits per heavy atom. The van der Waals surface area contributed by atoms with E-state index in [0.717, 1.165) is 11.8 Å². The van der Waals surface area contributed by atoms with Crippen LogP contribution in [0.25, 0.3) is 5.57 Å². The van der Waals surface area contributed by atoms with Crippen molar-refractivity contribution in [2.75, 3.05) is 0 Å². The van der Waals surface area contributed by atoms with E-state index in [1.54, 1.807) is 0 Å². The van der Waals surface area contributed by atoms with Gasteiger partial charge >= 0.3 is 0 Å². The van der Waals surface area contributed by atoms with Gasteiger partial charge in [-0.05, 0) is 41.4 Å². The van der Waals surface area contributed by atoms with E-state index < -0.39 is 0 Å². The van der Waals surface area contributed by atoms with Crippen molar-refractivity contribution in [1.29, 1.82) is 0 Å². The van der Waals surface area contributed by atoms with E-state index in [1.165, 1.54) is 24.1 Å². The molecule has 3 unspecified atom stereocenters. The molecule has 0 aliphatic heterocycles. The van der Waals surface area contributed by atoms with Gasteiger partial charge in [-0.3, -0.25) is 0 Å². The topological polar surface area (TPSA) is 15.8 Å². The largest absolute Gasteiger partial charge is 0.361 e. The predicted octanol–water partition coefficient (Wildman–Crippen LogP) is 4.02. The number of H-pyrrole nitrogens is 1. The van der Waals surface area contributed by atoms with Gasteiger partial charge in [-0.2, -0.15) is 0 Å². The van der Waals surface area contributed by atoms with Gasteiger partial charge in [0.1, 0.15) is 0 Å². The van der Waals surface area contributed by atoms with Crippen molar-refractivity contribution in [3.05, 3.63) is 42.3 Å². The maximum Gasteiger partial charge on any atom is 0.0416 e. The molecule has 2 aliphatic carbocycles. The summed E-state index contributed by atoms with van der Waals surface area (Å²) >= 11 is 0. The van der Waals surface area contributed by atoms with Gasteiger partial charge in [0, 0.05) is 11.9 Å². The van der Waals surface area contributed by atoms with Crippen molar-refractivity contribution in [3.8, 4) is 0 Å². The normalized spacial score (nSPS) is 36.5. The van der Waals surface area contributed by atoms with Gasteiger partial charge in [-0.25, -0.2) is 0 Å². The van der Waals surface area contributed by atoms with Crippen LogP contribution in [-0.2, 0) is 0 Å². The lowest BCUT2D eigenvalue weighted by molar-refractivity contribution is 0.0381. The Labute approximate surface area is 97.3 Å². The Kier molecular flexibility index (Phi) is 2.10. The summed E-state index contributed by atoms with van der Waals surface area (Å²) < 4.78 is 0. The molecule has 1 aromatic heterocycles. The molecule has 1 N–H and O–H groups in total. The SMILES string of the molecule is CCC1(C)CC2C=CC=C(c3ccc[nH]3)C21. The van der Waals surface area contributed by atoms with Crippen LogP contribution in [-0.4, -0.2) is 4.98 Å². The lowest BCUT2D eigenvalue weighted by Crippen LogP contribution is -2.46. The second kappa shape index (κ2) is 3.38. The van der Waals surface area contributed by atoms with Crippen molar-refractivity contribution < 1.29 is 0 Å². The van der Waals surface area contributed by atoms with Crippen LogP contribution < -0.4 is 0 Å². The molecule has 84 valence electrons. The minimum Gasteiger partial charge on any atom is -0.361 e. The molecule has 3 atom stereocenters. The monoisotopic (exact) mass is 213 g/mol. The number of hydrogen-bond donors (Lipinski definition) is 1. The average Bonchev–Trinajstić information content (AvgIpc) is 2.80. The minimum absolute atomic E-state index is 0.506. The highest BCUT2D eigenvalue weighted by Crippen LogP contribution is 2.59. The first kappa shape index (κ1) is 9.95. The van der Waals surface area contributed by atoms with Crippen molar-refractivity contribution in [2.45, 2.75) is 26.7 Å².